The average molecular weight is 290 g/mol. The molecule has 8 heteroatoms. The van der Waals surface area contributed by atoms with Crippen LogP contribution in [-0.4, -0.2) is 38.8 Å². The van der Waals surface area contributed by atoms with Crippen LogP contribution in [0.25, 0.3) is 0 Å². The Morgan fingerprint density at radius 3 is 1.95 bits per heavy atom. The van der Waals surface area contributed by atoms with E-state index >= 15 is 0 Å². The minimum atomic E-state index is -3.69. The summed E-state index contributed by atoms with van der Waals surface area (Å²) in [5.74, 6) is -1.45. The molecule has 2 N–H and O–H groups in total. The van der Waals surface area contributed by atoms with Gasteiger partial charge in [0.1, 0.15) is 5.66 Å². The number of hydrogen-bond acceptors (Lipinski definition) is 5. The van der Waals surface area contributed by atoms with Gasteiger partial charge >= 0.3 is 0 Å². The highest BCUT2D eigenvalue weighted by Gasteiger charge is 2.29. The number of nitrogens with one attached hydrogen (secondary N) is 2. The Hall–Kier alpha value is -1.67. The van der Waals surface area contributed by atoms with Crippen molar-refractivity contribution in [2.45, 2.75) is 19.0 Å². The molecule has 108 valence electrons. The predicted octanol–water partition coefficient (Wildman–Crippen LogP) is -0.327. The second-order valence-corrected chi connectivity index (χ2v) is 5.75. The zero-order valence-corrected chi connectivity index (χ0v) is 11.7. The lowest BCUT2D eigenvalue weighted by Gasteiger charge is -2.30. The van der Waals surface area contributed by atoms with Gasteiger partial charge in [-0.15, -0.1) is 0 Å². The normalized spacial score (nSPS) is 11.5. The first-order valence-electron chi connectivity index (χ1n) is 5.35. The van der Waals surface area contributed by atoms with E-state index in [4.69, 9.17) is 0 Å². The van der Waals surface area contributed by atoms with Crippen molar-refractivity contribution in [3.05, 3.63) is 25.3 Å². The molecule has 0 radical (unpaired) electrons. The molecule has 0 heterocycles. The number of carbonyl (C=O) groups is 2. The molecule has 0 aromatic heterocycles. The summed E-state index contributed by atoms with van der Waals surface area (Å²) < 4.78 is 26.8. The molecule has 0 saturated heterocycles. The van der Waals surface area contributed by atoms with Crippen LogP contribution in [0.15, 0.2) is 25.3 Å². The minimum absolute atomic E-state index is 0.0671. The Bertz CT molecular complexity index is 447. The fourth-order valence-electron chi connectivity index (χ4n) is 1.21. The quantitative estimate of drug-likeness (QED) is 0.362. The molecular formula is C11H18N2O5S. The first kappa shape index (κ1) is 17.3. The van der Waals surface area contributed by atoms with Gasteiger partial charge in [0.2, 0.25) is 11.8 Å². The molecule has 0 fully saturated rings. The smallest absolute Gasteiger partial charge is 0.267 e. The summed E-state index contributed by atoms with van der Waals surface area (Å²) in [6.07, 6.45) is 1.97. The Balaban J connectivity index is 4.94. The van der Waals surface area contributed by atoms with Gasteiger partial charge in [-0.3, -0.25) is 13.8 Å². The monoisotopic (exact) mass is 290 g/mol. The van der Waals surface area contributed by atoms with E-state index in [0.29, 0.717) is 0 Å². The van der Waals surface area contributed by atoms with Crippen LogP contribution in [0.1, 0.15) is 13.3 Å². The molecule has 2 amide bonds. The van der Waals surface area contributed by atoms with Gasteiger partial charge in [-0.25, -0.2) is 0 Å². The highest BCUT2D eigenvalue weighted by Crippen LogP contribution is 2.09. The van der Waals surface area contributed by atoms with E-state index in [1.165, 1.54) is 6.92 Å². The number of hydrogen-bond donors (Lipinski definition) is 2. The number of rotatable bonds is 8. The van der Waals surface area contributed by atoms with Crippen molar-refractivity contribution >= 4 is 21.9 Å². The van der Waals surface area contributed by atoms with E-state index < -0.39 is 27.6 Å². The number of amides is 2. The van der Waals surface area contributed by atoms with Crippen molar-refractivity contribution < 1.29 is 22.2 Å². The van der Waals surface area contributed by atoms with Crippen molar-refractivity contribution in [1.29, 1.82) is 0 Å². The van der Waals surface area contributed by atoms with Crippen molar-refractivity contribution in [3.8, 4) is 0 Å². The largest absolute Gasteiger partial charge is 0.330 e. The molecule has 0 bridgehead atoms. The zero-order chi connectivity index (χ0) is 15.1. The van der Waals surface area contributed by atoms with Gasteiger partial charge in [-0.2, -0.15) is 8.42 Å². The fraction of sp³-hybridized carbons (Fsp3) is 0.455. The third-order valence-electron chi connectivity index (χ3n) is 2.27. The lowest BCUT2D eigenvalue weighted by molar-refractivity contribution is -0.121. The summed E-state index contributed by atoms with van der Waals surface area (Å²) >= 11 is 0. The third-order valence-corrected chi connectivity index (χ3v) is 3.49. The highest BCUT2D eigenvalue weighted by atomic mass is 32.2. The van der Waals surface area contributed by atoms with Gasteiger partial charge in [0.25, 0.3) is 10.1 Å². The summed E-state index contributed by atoms with van der Waals surface area (Å²) in [5, 5.41) is 4.90. The molecule has 7 nitrogen and oxygen atoms in total. The van der Waals surface area contributed by atoms with E-state index in [1.54, 1.807) is 0 Å². The Morgan fingerprint density at radius 1 is 1.21 bits per heavy atom. The van der Waals surface area contributed by atoms with Gasteiger partial charge in [0, 0.05) is 6.42 Å². The molecule has 0 aromatic rings. The van der Waals surface area contributed by atoms with Gasteiger partial charge < -0.3 is 10.6 Å². The molecular weight excluding hydrogens is 272 g/mol. The highest BCUT2D eigenvalue weighted by molar-refractivity contribution is 7.86. The summed E-state index contributed by atoms with van der Waals surface area (Å²) in [5.41, 5.74) is -1.25. The maximum absolute atomic E-state index is 11.3. The molecule has 0 unspecified atom stereocenters. The second-order valence-electron chi connectivity index (χ2n) is 3.90. The Kier molecular flexibility index (Phi) is 6.43. The molecule has 0 aliphatic rings. The summed E-state index contributed by atoms with van der Waals surface area (Å²) in [7, 11) is -2.65. The molecule has 0 atom stereocenters. The van der Waals surface area contributed by atoms with E-state index in [0.717, 1.165) is 19.3 Å². The Morgan fingerprint density at radius 2 is 1.63 bits per heavy atom. The van der Waals surface area contributed by atoms with Crippen LogP contribution in [0, 0.1) is 0 Å². The molecule has 0 aliphatic heterocycles. The lowest BCUT2D eigenvalue weighted by atomic mass is 10.1. The van der Waals surface area contributed by atoms with Gasteiger partial charge in [-0.1, -0.05) is 13.2 Å². The SMILES string of the molecule is C=CC(=O)NC(C)(CCS(=O)(=O)OC)NC(=O)C=C. The molecule has 19 heavy (non-hydrogen) atoms. The van der Waals surface area contributed by atoms with Crippen LogP contribution in [-0.2, 0) is 23.9 Å². The Labute approximate surface area is 112 Å². The van der Waals surface area contributed by atoms with Crippen LogP contribution in [0.2, 0.25) is 0 Å². The maximum atomic E-state index is 11.3. The van der Waals surface area contributed by atoms with Crippen LogP contribution in [0.3, 0.4) is 0 Å². The third kappa shape index (κ3) is 6.73. The molecule has 0 spiro atoms. The van der Waals surface area contributed by atoms with Crippen molar-refractivity contribution in [2.75, 3.05) is 12.9 Å². The van der Waals surface area contributed by atoms with E-state index in [2.05, 4.69) is 28.0 Å². The minimum Gasteiger partial charge on any atom is -0.330 e. The average Bonchev–Trinajstić information content (AvgIpc) is 2.36. The summed E-state index contributed by atoms with van der Waals surface area (Å²) in [6, 6.07) is 0. The first-order valence-corrected chi connectivity index (χ1v) is 6.93. The predicted molar refractivity (Wildman–Crippen MR) is 70.5 cm³/mol. The topological polar surface area (TPSA) is 102 Å². The molecule has 0 saturated carbocycles. The second kappa shape index (κ2) is 7.05. The van der Waals surface area contributed by atoms with Gasteiger partial charge in [0.05, 0.1) is 12.9 Å². The summed E-state index contributed by atoms with van der Waals surface area (Å²) in [4.78, 5) is 22.6. The van der Waals surface area contributed by atoms with Crippen LogP contribution in [0.4, 0.5) is 0 Å². The zero-order valence-electron chi connectivity index (χ0n) is 10.9. The lowest BCUT2D eigenvalue weighted by Crippen LogP contribution is -2.58. The fourth-order valence-corrected chi connectivity index (χ4v) is 2.04. The standard InChI is InChI=1S/C11H18N2O5S/c1-5-9(14)12-11(3,13-10(15)6-2)7-8-19(16,17)18-4/h5-6H,1-2,7-8H2,3-4H3,(H,12,14)(H,13,15). The molecule has 0 aromatic carbocycles. The van der Waals surface area contributed by atoms with Crippen LogP contribution in [0.5, 0.6) is 0 Å². The van der Waals surface area contributed by atoms with Crippen LogP contribution < -0.4 is 10.6 Å². The van der Waals surface area contributed by atoms with Crippen molar-refractivity contribution in [3.63, 3.8) is 0 Å². The van der Waals surface area contributed by atoms with Crippen molar-refractivity contribution in [2.24, 2.45) is 0 Å². The number of carbonyl (C=O) groups excluding carboxylic acids is 2. The van der Waals surface area contributed by atoms with E-state index in [-0.39, 0.29) is 12.2 Å². The molecule has 0 rings (SSSR count). The maximum Gasteiger partial charge on any atom is 0.267 e. The summed E-state index contributed by atoms with van der Waals surface area (Å²) in [6.45, 7) is 8.04. The van der Waals surface area contributed by atoms with E-state index in [1.807, 2.05) is 0 Å². The van der Waals surface area contributed by atoms with Gasteiger partial charge in [0.15, 0.2) is 0 Å². The van der Waals surface area contributed by atoms with Gasteiger partial charge in [-0.05, 0) is 19.1 Å². The molecule has 0 aliphatic carbocycles. The first-order chi connectivity index (χ1) is 8.68. The van der Waals surface area contributed by atoms with Crippen molar-refractivity contribution in [1.82, 2.24) is 10.6 Å². The van der Waals surface area contributed by atoms with E-state index in [9.17, 15) is 18.0 Å². The van der Waals surface area contributed by atoms with Crippen LogP contribution >= 0.6 is 0 Å².